The molecule has 4 aromatic carbocycles. The Labute approximate surface area is 283 Å². The summed E-state index contributed by atoms with van der Waals surface area (Å²) in [7, 11) is -0.316. The number of benzene rings is 4. The highest BCUT2D eigenvalue weighted by molar-refractivity contribution is 7.89. The summed E-state index contributed by atoms with van der Waals surface area (Å²) in [5.74, 6) is 0.990. The summed E-state index contributed by atoms with van der Waals surface area (Å²) >= 11 is 0. The van der Waals surface area contributed by atoms with E-state index in [0.717, 1.165) is 40.8 Å². The predicted molar refractivity (Wildman–Crippen MR) is 185 cm³/mol. The van der Waals surface area contributed by atoms with Gasteiger partial charge in [0.1, 0.15) is 17.5 Å². The van der Waals surface area contributed by atoms with Gasteiger partial charge in [-0.25, -0.2) is 8.42 Å². The molecule has 1 saturated heterocycles. The molecule has 0 saturated carbocycles. The van der Waals surface area contributed by atoms with Crippen LogP contribution in [0.1, 0.15) is 41.5 Å². The van der Waals surface area contributed by atoms with E-state index in [1.54, 1.807) is 43.4 Å². The fourth-order valence-electron chi connectivity index (χ4n) is 5.83. The number of amides is 2. The standard InChI is InChI=1S/C38H43N3O6S/c1-46-33-17-10-31(11-18-33)27-39-38(43)36(26-30-8-4-3-5-9-30)41(28-32-12-19-34(47-2)20-13-32)37(42)23-16-29-14-21-35(22-15-29)48(44,45)40-24-6-7-25-40/h3-5,8-15,17-22,36H,6-7,16,23-28H2,1-2H3,(H,39,43)/t36-/m1/s1. The van der Waals surface area contributed by atoms with Crippen molar-refractivity contribution in [2.45, 2.75) is 56.1 Å². The van der Waals surface area contributed by atoms with Crippen LogP contribution in [-0.4, -0.2) is 62.8 Å². The molecule has 1 aliphatic heterocycles. The summed E-state index contributed by atoms with van der Waals surface area (Å²) in [5.41, 5.74) is 3.55. The molecule has 4 aromatic rings. The van der Waals surface area contributed by atoms with Crippen LogP contribution >= 0.6 is 0 Å². The molecule has 5 rings (SSSR count). The van der Waals surface area contributed by atoms with Gasteiger partial charge in [-0.05, 0) is 77.9 Å². The lowest BCUT2D eigenvalue weighted by Crippen LogP contribution is -2.50. The molecule has 1 N–H and O–H groups in total. The molecule has 10 heteroatoms. The van der Waals surface area contributed by atoms with Crippen molar-refractivity contribution in [1.82, 2.24) is 14.5 Å². The second-order valence-electron chi connectivity index (χ2n) is 11.9. The minimum atomic E-state index is -3.52. The van der Waals surface area contributed by atoms with E-state index in [0.29, 0.717) is 38.2 Å². The van der Waals surface area contributed by atoms with E-state index >= 15 is 0 Å². The summed E-state index contributed by atoms with van der Waals surface area (Å²) in [5, 5.41) is 3.06. The maximum atomic E-state index is 14.1. The van der Waals surface area contributed by atoms with E-state index in [-0.39, 0.29) is 29.7 Å². The summed E-state index contributed by atoms with van der Waals surface area (Å²) in [6.45, 7) is 1.61. The fourth-order valence-corrected chi connectivity index (χ4v) is 7.35. The van der Waals surface area contributed by atoms with Crippen molar-refractivity contribution in [2.24, 2.45) is 0 Å². The van der Waals surface area contributed by atoms with Gasteiger partial charge < -0.3 is 19.7 Å². The normalized spacial score (nSPS) is 13.9. The monoisotopic (exact) mass is 669 g/mol. The van der Waals surface area contributed by atoms with Crippen molar-refractivity contribution >= 4 is 21.8 Å². The predicted octanol–water partition coefficient (Wildman–Crippen LogP) is 5.38. The molecule has 0 spiro atoms. The smallest absolute Gasteiger partial charge is 0.243 e. The minimum absolute atomic E-state index is 0.144. The van der Waals surface area contributed by atoms with E-state index < -0.39 is 16.1 Å². The zero-order chi connectivity index (χ0) is 33.9. The lowest BCUT2D eigenvalue weighted by atomic mass is 10.0. The second-order valence-corrected chi connectivity index (χ2v) is 13.8. The Morgan fingerprint density at radius 3 is 1.90 bits per heavy atom. The number of aryl methyl sites for hydroxylation is 1. The van der Waals surface area contributed by atoms with Gasteiger partial charge in [0.25, 0.3) is 0 Å². The lowest BCUT2D eigenvalue weighted by molar-refractivity contribution is -0.141. The minimum Gasteiger partial charge on any atom is -0.497 e. The average molecular weight is 670 g/mol. The Balaban J connectivity index is 1.37. The number of carbonyl (C=O) groups is 2. The molecule has 252 valence electrons. The fraction of sp³-hybridized carbons (Fsp3) is 0.316. The van der Waals surface area contributed by atoms with Crippen molar-refractivity contribution in [2.75, 3.05) is 27.3 Å². The molecule has 1 fully saturated rings. The Kier molecular flexibility index (Phi) is 11.9. The third-order valence-electron chi connectivity index (χ3n) is 8.66. The molecule has 1 heterocycles. The number of nitrogens with one attached hydrogen (secondary N) is 1. The van der Waals surface area contributed by atoms with Crippen LogP contribution in [0.2, 0.25) is 0 Å². The van der Waals surface area contributed by atoms with Crippen LogP contribution in [-0.2, 0) is 45.5 Å². The molecule has 0 radical (unpaired) electrons. The number of methoxy groups -OCH3 is 2. The van der Waals surface area contributed by atoms with Crippen molar-refractivity contribution in [1.29, 1.82) is 0 Å². The molecule has 1 aliphatic rings. The van der Waals surface area contributed by atoms with Gasteiger partial charge in [0.15, 0.2) is 0 Å². The van der Waals surface area contributed by atoms with Crippen molar-refractivity contribution in [3.8, 4) is 11.5 Å². The average Bonchev–Trinajstić information content (AvgIpc) is 3.69. The first-order valence-electron chi connectivity index (χ1n) is 16.2. The maximum absolute atomic E-state index is 14.1. The quantitative estimate of drug-likeness (QED) is 0.182. The van der Waals surface area contributed by atoms with Crippen LogP contribution in [0.4, 0.5) is 0 Å². The molecule has 0 unspecified atom stereocenters. The van der Waals surface area contributed by atoms with Crippen LogP contribution < -0.4 is 14.8 Å². The molecule has 0 aromatic heterocycles. The Morgan fingerprint density at radius 1 is 0.750 bits per heavy atom. The van der Waals surface area contributed by atoms with Gasteiger partial charge >= 0.3 is 0 Å². The Hall–Kier alpha value is -4.67. The first-order chi connectivity index (χ1) is 23.3. The molecule has 48 heavy (non-hydrogen) atoms. The van der Waals surface area contributed by atoms with Gasteiger partial charge in [-0.2, -0.15) is 4.31 Å². The van der Waals surface area contributed by atoms with Crippen LogP contribution in [0.3, 0.4) is 0 Å². The molecule has 0 bridgehead atoms. The van der Waals surface area contributed by atoms with Crippen LogP contribution in [0, 0.1) is 0 Å². The number of hydrogen-bond acceptors (Lipinski definition) is 6. The highest BCUT2D eigenvalue weighted by Crippen LogP contribution is 2.23. The van der Waals surface area contributed by atoms with Crippen molar-refractivity contribution < 1.29 is 27.5 Å². The lowest BCUT2D eigenvalue weighted by Gasteiger charge is -2.32. The highest BCUT2D eigenvalue weighted by Gasteiger charge is 2.31. The van der Waals surface area contributed by atoms with Gasteiger partial charge in [-0.3, -0.25) is 9.59 Å². The summed E-state index contributed by atoms with van der Waals surface area (Å²) in [6, 6.07) is 30.6. The van der Waals surface area contributed by atoms with Gasteiger partial charge in [0, 0.05) is 39.0 Å². The van der Waals surface area contributed by atoms with Crippen LogP contribution in [0.25, 0.3) is 0 Å². The molecular weight excluding hydrogens is 626 g/mol. The van der Waals surface area contributed by atoms with E-state index in [1.807, 2.05) is 78.9 Å². The van der Waals surface area contributed by atoms with Crippen LogP contribution in [0.15, 0.2) is 108 Å². The number of carbonyl (C=O) groups excluding carboxylic acids is 2. The number of hydrogen-bond donors (Lipinski definition) is 1. The number of ether oxygens (including phenoxy) is 2. The first kappa shape index (κ1) is 34.7. The van der Waals surface area contributed by atoms with Crippen LogP contribution in [0.5, 0.6) is 11.5 Å². The van der Waals surface area contributed by atoms with Gasteiger partial charge in [-0.1, -0.05) is 66.7 Å². The number of sulfonamides is 1. The molecule has 2 amide bonds. The van der Waals surface area contributed by atoms with E-state index in [4.69, 9.17) is 9.47 Å². The zero-order valence-electron chi connectivity index (χ0n) is 27.5. The molecule has 9 nitrogen and oxygen atoms in total. The van der Waals surface area contributed by atoms with Crippen molar-refractivity contribution in [3.05, 3.63) is 125 Å². The Bertz CT molecular complexity index is 1740. The summed E-state index contributed by atoms with van der Waals surface area (Å²) in [6.07, 6.45) is 2.62. The number of nitrogens with zero attached hydrogens (tertiary/aromatic N) is 2. The van der Waals surface area contributed by atoms with E-state index in [2.05, 4.69) is 5.32 Å². The summed E-state index contributed by atoms with van der Waals surface area (Å²) in [4.78, 5) is 30.0. The zero-order valence-corrected chi connectivity index (χ0v) is 28.3. The first-order valence-corrected chi connectivity index (χ1v) is 17.7. The van der Waals surface area contributed by atoms with Gasteiger partial charge in [0.05, 0.1) is 19.1 Å². The summed E-state index contributed by atoms with van der Waals surface area (Å²) < 4.78 is 38.1. The maximum Gasteiger partial charge on any atom is 0.243 e. The van der Waals surface area contributed by atoms with Gasteiger partial charge in [0.2, 0.25) is 21.8 Å². The molecule has 1 atom stereocenters. The van der Waals surface area contributed by atoms with E-state index in [1.165, 1.54) is 4.31 Å². The SMILES string of the molecule is COc1ccc(CNC(=O)[C@@H](Cc2ccccc2)N(Cc2ccc(OC)cc2)C(=O)CCc2ccc(S(=O)(=O)N3CCCC3)cc2)cc1. The third-order valence-corrected chi connectivity index (χ3v) is 10.6. The highest BCUT2D eigenvalue weighted by atomic mass is 32.2. The van der Waals surface area contributed by atoms with Crippen molar-refractivity contribution in [3.63, 3.8) is 0 Å². The Morgan fingerprint density at radius 2 is 1.31 bits per heavy atom. The third kappa shape index (κ3) is 9.02. The largest absolute Gasteiger partial charge is 0.497 e. The number of rotatable bonds is 15. The topological polar surface area (TPSA) is 105 Å². The molecular formula is C38H43N3O6S. The van der Waals surface area contributed by atoms with Gasteiger partial charge in [-0.15, -0.1) is 0 Å². The molecule has 0 aliphatic carbocycles. The van der Waals surface area contributed by atoms with E-state index in [9.17, 15) is 18.0 Å². The second kappa shape index (κ2) is 16.4.